The maximum atomic E-state index is 4.17. The van der Waals surface area contributed by atoms with Gasteiger partial charge in [-0.1, -0.05) is 37.6 Å². The minimum Gasteiger partial charge on any atom is -0.376 e. The number of nitrogens with one attached hydrogen (secondary N) is 1. The summed E-state index contributed by atoms with van der Waals surface area (Å²) in [4.78, 5) is 0. The van der Waals surface area contributed by atoms with Crippen LogP contribution in [0, 0.1) is 0 Å². The molecule has 0 saturated heterocycles. The van der Waals surface area contributed by atoms with Gasteiger partial charge < -0.3 is 5.32 Å². The van der Waals surface area contributed by atoms with Crippen molar-refractivity contribution in [2.75, 3.05) is 5.32 Å². The number of nitrogens with zero attached hydrogens (tertiary/aromatic N) is 2. The molecule has 1 heterocycles. The average molecular weight is 257 g/mol. The van der Waals surface area contributed by atoms with Gasteiger partial charge in [-0.2, -0.15) is 5.10 Å². The van der Waals surface area contributed by atoms with Crippen LogP contribution in [0.3, 0.4) is 0 Å². The SMILES string of the molecule is CCCCc1ccc(C(C)Nc2cnn(C)c2)cc1. The molecule has 3 heteroatoms. The van der Waals surface area contributed by atoms with E-state index in [0.717, 1.165) is 5.69 Å². The van der Waals surface area contributed by atoms with Gasteiger partial charge in [-0.05, 0) is 30.9 Å². The van der Waals surface area contributed by atoms with E-state index in [-0.39, 0.29) is 0 Å². The van der Waals surface area contributed by atoms with Crippen molar-refractivity contribution in [1.29, 1.82) is 0 Å². The van der Waals surface area contributed by atoms with Crippen LogP contribution in [0.2, 0.25) is 0 Å². The second-order valence-corrected chi connectivity index (χ2v) is 5.11. The topological polar surface area (TPSA) is 29.9 Å². The van der Waals surface area contributed by atoms with Gasteiger partial charge in [-0.25, -0.2) is 0 Å². The molecule has 2 aromatic rings. The van der Waals surface area contributed by atoms with Gasteiger partial charge in [-0.15, -0.1) is 0 Å². The van der Waals surface area contributed by atoms with Gasteiger partial charge in [0.2, 0.25) is 0 Å². The number of hydrogen-bond acceptors (Lipinski definition) is 2. The third-order valence-corrected chi connectivity index (χ3v) is 3.39. The minimum atomic E-state index is 0.296. The van der Waals surface area contributed by atoms with E-state index in [4.69, 9.17) is 0 Å². The number of unbranched alkanes of at least 4 members (excludes halogenated alkanes) is 1. The second-order valence-electron chi connectivity index (χ2n) is 5.11. The number of benzene rings is 1. The van der Waals surface area contributed by atoms with Crippen molar-refractivity contribution < 1.29 is 0 Å². The van der Waals surface area contributed by atoms with E-state index in [9.17, 15) is 0 Å². The summed E-state index contributed by atoms with van der Waals surface area (Å²) in [5.41, 5.74) is 3.80. The molecule has 1 atom stereocenters. The quantitative estimate of drug-likeness (QED) is 0.849. The molecule has 3 nitrogen and oxygen atoms in total. The number of aromatic nitrogens is 2. The summed E-state index contributed by atoms with van der Waals surface area (Å²) in [5.74, 6) is 0. The molecule has 0 aliphatic carbocycles. The number of rotatable bonds is 6. The summed E-state index contributed by atoms with van der Waals surface area (Å²) >= 11 is 0. The van der Waals surface area contributed by atoms with Crippen LogP contribution in [0.1, 0.15) is 43.9 Å². The molecule has 102 valence electrons. The Balaban J connectivity index is 1.97. The van der Waals surface area contributed by atoms with Crippen LogP contribution in [0.15, 0.2) is 36.7 Å². The summed E-state index contributed by atoms with van der Waals surface area (Å²) < 4.78 is 1.81. The number of anilines is 1. The third kappa shape index (κ3) is 3.85. The van der Waals surface area contributed by atoms with Crippen LogP contribution in [0.4, 0.5) is 5.69 Å². The standard InChI is InChI=1S/C16H23N3/c1-4-5-6-14-7-9-15(10-8-14)13(2)18-16-11-17-19(3)12-16/h7-13,18H,4-6H2,1-3H3. The predicted molar refractivity (Wildman–Crippen MR) is 80.3 cm³/mol. The summed E-state index contributed by atoms with van der Waals surface area (Å²) in [6.07, 6.45) is 7.54. The summed E-state index contributed by atoms with van der Waals surface area (Å²) in [6, 6.07) is 9.22. The normalized spacial score (nSPS) is 12.4. The fourth-order valence-electron chi connectivity index (χ4n) is 2.18. The zero-order chi connectivity index (χ0) is 13.7. The maximum absolute atomic E-state index is 4.17. The molecule has 0 radical (unpaired) electrons. The minimum absolute atomic E-state index is 0.296. The Morgan fingerprint density at radius 2 is 2.00 bits per heavy atom. The molecule has 1 N–H and O–H groups in total. The molecule has 0 saturated carbocycles. The highest BCUT2D eigenvalue weighted by atomic mass is 15.3. The fraction of sp³-hybridized carbons (Fsp3) is 0.438. The molecule has 1 aromatic heterocycles. The lowest BCUT2D eigenvalue weighted by Gasteiger charge is -2.14. The first-order chi connectivity index (χ1) is 9.19. The maximum Gasteiger partial charge on any atom is 0.0731 e. The molecule has 19 heavy (non-hydrogen) atoms. The molecular formula is C16H23N3. The highest BCUT2D eigenvalue weighted by molar-refractivity contribution is 5.41. The highest BCUT2D eigenvalue weighted by Crippen LogP contribution is 2.19. The van der Waals surface area contributed by atoms with Crippen LogP contribution in [-0.4, -0.2) is 9.78 Å². The molecule has 0 aliphatic heterocycles. The Hall–Kier alpha value is -1.77. The molecule has 1 unspecified atom stereocenters. The number of aryl methyl sites for hydroxylation is 2. The van der Waals surface area contributed by atoms with E-state index in [0.29, 0.717) is 6.04 Å². The van der Waals surface area contributed by atoms with Gasteiger partial charge in [0.15, 0.2) is 0 Å². The zero-order valence-electron chi connectivity index (χ0n) is 12.1. The first-order valence-corrected chi connectivity index (χ1v) is 7.03. The van der Waals surface area contributed by atoms with Gasteiger partial charge in [0.05, 0.1) is 11.9 Å². The molecule has 0 aliphatic rings. The molecule has 0 amide bonds. The van der Waals surface area contributed by atoms with Crippen molar-refractivity contribution in [3.63, 3.8) is 0 Å². The summed E-state index contributed by atoms with van der Waals surface area (Å²) in [7, 11) is 1.93. The lowest BCUT2D eigenvalue weighted by atomic mass is 10.0. The fourth-order valence-corrected chi connectivity index (χ4v) is 2.18. The van der Waals surface area contributed by atoms with E-state index >= 15 is 0 Å². The summed E-state index contributed by atoms with van der Waals surface area (Å²) in [6.45, 7) is 4.41. The monoisotopic (exact) mass is 257 g/mol. The zero-order valence-corrected chi connectivity index (χ0v) is 12.1. The molecule has 0 spiro atoms. The molecule has 1 aromatic carbocycles. The van der Waals surface area contributed by atoms with Crippen LogP contribution in [0.5, 0.6) is 0 Å². The first kappa shape index (κ1) is 13.7. The molecule has 2 rings (SSSR count). The van der Waals surface area contributed by atoms with Crippen LogP contribution in [0.25, 0.3) is 0 Å². The molecule has 0 fully saturated rings. The van der Waals surface area contributed by atoms with E-state index in [1.807, 2.05) is 24.1 Å². The van der Waals surface area contributed by atoms with Crippen molar-refractivity contribution >= 4 is 5.69 Å². The lowest BCUT2D eigenvalue weighted by Crippen LogP contribution is -2.06. The van der Waals surface area contributed by atoms with Crippen LogP contribution < -0.4 is 5.32 Å². The summed E-state index contributed by atoms with van der Waals surface area (Å²) in [5, 5.41) is 7.62. The van der Waals surface area contributed by atoms with Crippen molar-refractivity contribution in [2.45, 2.75) is 39.2 Å². The number of hydrogen-bond donors (Lipinski definition) is 1. The smallest absolute Gasteiger partial charge is 0.0731 e. The van der Waals surface area contributed by atoms with Crippen molar-refractivity contribution in [1.82, 2.24) is 9.78 Å². The Morgan fingerprint density at radius 1 is 1.26 bits per heavy atom. The highest BCUT2D eigenvalue weighted by Gasteiger charge is 2.06. The van der Waals surface area contributed by atoms with Gasteiger partial charge in [-0.3, -0.25) is 4.68 Å². The van der Waals surface area contributed by atoms with Gasteiger partial charge in [0.1, 0.15) is 0 Å². The molecular weight excluding hydrogens is 234 g/mol. The Bertz CT molecular complexity index is 499. The Morgan fingerprint density at radius 3 is 2.58 bits per heavy atom. The van der Waals surface area contributed by atoms with Gasteiger partial charge in [0, 0.05) is 19.3 Å². The Kier molecular flexibility index (Phi) is 4.61. The van der Waals surface area contributed by atoms with Crippen molar-refractivity contribution in [2.24, 2.45) is 7.05 Å². The van der Waals surface area contributed by atoms with Crippen molar-refractivity contribution in [3.05, 3.63) is 47.8 Å². The van der Waals surface area contributed by atoms with Crippen LogP contribution >= 0.6 is 0 Å². The largest absolute Gasteiger partial charge is 0.376 e. The van der Waals surface area contributed by atoms with E-state index < -0.39 is 0 Å². The van der Waals surface area contributed by atoms with Crippen LogP contribution in [-0.2, 0) is 13.5 Å². The van der Waals surface area contributed by atoms with E-state index in [1.54, 1.807) is 0 Å². The first-order valence-electron chi connectivity index (χ1n) is 7.03. The van der Waals surface area contributed by atoms with Gasteiger partial charge >= 0.3 is 0 Å². The second kappa shape index (κ2) is 6.41. The van der Waals surface area contributed by atoms with E-state index in [1.165, 1.54) is 30.4 Å². The Labute approximate surface area is 115 Å². The average Bonchev–Trinajstić information content (AvgIpc) is 2.82. The van der Waals surface area contributed by atoms with E-state index in [2.05, 4.69) is 48.5 Å². The predicted octanol–water partition coefficient (Wildman–Crippen LogP) is 3.94. The third-order valence-electron chi connectivity index (χ3n) is 3.39. The van der Waals surface area contributed by atoms with Crippen molar-refractivity contribution in [3.8, 4) is 0 Å². The van der Waals surface area contributed by atoms with Gasteiger partial charge in [0.25, 0.3) is 0 Å². The molecule has 0 bridgehead atoms. The lowest BCUT2D eigenvalue weighted by molar-refractivity contribution is 0.767.